The van der Waals surface area contributed by atoms with Gasteiger partial charge in [0.05, 0.1) is 11.6 Å². The highest BCUT2D eigenvalue weighted by Crippen LogP contribution is 2.25. The number of nitrogens with one attached hydrogen (secondary N) is 1. The fourth-order valence-electron chi connectivity index (χ4n) is 2.39. The van der Waals surface area contributed by atoms with E-state index >= 15 is 0 Å². The lowest BCUT2D eigenvalue weighted by atomic mass is 10.1. The Hall–Kier alpha value is -1.46. The Balaban J connectivity index is 2.19. The Morgan fingerprint density at radius 3 is 2.65 bits per heavy atom. The van der Waals surface area contributed by atoms with Crippen LogP contribution in [0, 0.1) is 11.7 Å². The molecule has 0 aliphatic rings. The summed E-state index contributed by atoms with van der Waals surface area (Å²) in [6.07, 6.45) is 1.82. The fraction of sp³-hybridized carbons (Fsp3) is 0.200. The van der Waals surface area contributed by atoms with Gasteiger partial charge in [0.15, 0.2) is 10.4 Å². The molecular weight excluding hydrogens is 334 g/mol. The zero-order valence-electron chi connectivity index (χ0n) is 11.2. The third kappa shape index (κ3) is 2.21. The van der Waals surface area contributed by atoms with Gasteiger partial charge >= 0.3 is 0 Å². The largest absolute Gasteiger partial charge is 0.329 e. The molecule has 0 radical (unpaired) electrons. The molecule has 102 valence electrons. The van der Waals surface area contributed by atoms with Crippen LogP contribution in [0.15, 0.2) is 41.0 Å². The molecule has 0 bridgehead atoms. The lowest BCUT2D eigenvalue weighted by Crippen LogP contribution is -2.07. The van der Waals surface area contributed by atoms with Gasteiger partial charge in [0.2, 0.25) is 0 Å². The molecule has 3 rings (SSSR count). The molecule has 1 unspecified atom stereocenters. The van der Waals surface area contributed by atoms with Crippen LogP contribution < -0.4 is 0 Å². The number of rotatable bonds is 2. The number of nitrogens with zero attached hydrogens (tertiary/aromatic N) is 2. The summed E-state index contributed by atoms with van der Waals surface area (Å²) < 4.78 is 3.85. The Kier molecular flexibility index (Phi) is 3.48. The number of aromatic nitrogens is 3. The van der Waals surface area contributed by atoms with Crippen LogP contribution in [0.25, 0.3) is 11.2 Å². The smallest absolute Gasteiger partial charge is 0.179 e. The summed E-state index contributed by atoms with van der Waals surface area (Å²) in [5.41, 5.74) is 4.28. The highest BCUT2D eigenvalue weighted by molar-refractivity contribution is 9.10. The van der Waals surface area contributed by atoms with E-state index in [0.717, 1.165) is 21.2 Å². The number of imidazole rings is 1. The standard InChI is InChI=1S/C15H14BrN3S/c1-9-7-8-17-14-13(9)18-15(20)19(14)10(2)11-3-5-12(16)6-4-11/h3-8,10H,1-2H3,(H,18,20). The number of pyridine rings is 1. The van der Waals surface area contributed by atoms with Gasteiger partial charge in [-0.25, -0.2) is 4.98 Å². The van der Waals surface area contributed by atoms with E-state index in [1.165, 1.54) is 5.56 Å². The maximum atomic E-state index is 5.47. The molecule has 0 aliphatic heterocycles. The van der Waals surface area contributed by atoms with Crippen LogP contribution in [-0.4, -0.2) is 14.5 Å². The summed E-state index contributed by atoms with van der Waals surface area (Å²) >= 11 is 8.93. The lowest BCUT2D eigenvalue weighted by molar-refractivity contribution is 0.644. The Morgan fingerprint density at radius 1 is 1.25 bits per heavy atom. The van der Waals surface area contributed by atoms with Crippen molar-refractivity contribution in [1.29, 1.82) is 0 Å². The van der Waals surface area contributed by atoms with E-state index in [1.54, 1.807) is 0 Å². The van der Waals surface area contributed by atoms with Gasteiger partial charge in [-0.15, -0.1) is 0 Å². The van der Waals surface area contributed by atoms with Crippen molar-refractivity contribution in [2.75, 3.05) is 0 Å². The molecule has 0 amide bonds. The second kappa shape index (κ2) is 5.14. The third-order valence-corrected chi connectivity index (χ3v) is 4.39. The first kappa shape index (κ1) is 13.5. The Morgan fingerprint density at radius 2 is 1.95 bits per heavy atom. The number of aromatic amines is 1. The van der Waals surface area contributed by atoms with Gasteiger partial charge < -0.3 is 4.98 Å². The fourth-order valence-corrected chi connectivity index (χ4v) is 3.01. The zero-order chi connectivity index (χ0) is 14.3. The van der Waals surface area contributed by atoms with E-state index in [-0.39, 0.29) is 6.04 Å². The van der Waals surface area contributed by atoms with Crippen LogP contribution in [0.1, 0.15) is 24.1 Å². The predicted octanol–water partition coefficient (Wildman–Crippen LogP) is 4.77. The molecule has 0 saturated heterocycles. The predicted molar refractivity (Wildman–Crippen MR) is 87.6 cm³/mol. The van der Waals surface area contributed by atoms with E-state index < -0.39 is 0 Å². The zero-order valence-corrected chi connectivity index (χ0v) is 13.6. The maximum Gasteiger partial charge on any atom is 0.179 e. The number of aryl methyl sites for hydroxylation is 1. The van der Waals surface area contributed by atoms with E-state index in [4.69, 9.17) is 12.2 Å². The first-order chi connectivity index (χ1) is 9.58. The SMILES string of the molecule is Cc1ccnc2c1[nH]c(=S)n2C(C)c1ccc(Br)cc1. The van der Waals surface area contributed by atoms with Crippen molar-refractivity contribution < 1.29 is 0 Å². The van der Waals surface area contributed by atoms with Crippen LogP contribution in [0.5, 0.6) is 0 Å². The molecule has 0 fully saturated rings. The topological polar surface area (TPSA) is 33.6 Å². The van der Waals surface area contributed by atoms with Crippen LogP contribution in [0.3, 0.4) is 0 Å². The molecule has 20 heavy (non-hydrogen) atoms. The average molecular weight is 348 g/mol. The van der Waals surface area contributed by atoms with Crippen molar-refractivity contribution in [3.8, 4) is 0 Å². The first-order valence-corrected chi connectivity index (χ1v) is 7.59. The minimum absolute atomic E-state index is 0.138. The normalized spacial score (nSPS) is 12.8. The van der Waals surface area contributed by atoms with Crippen LogP contribution >= 0.6 is 28.1 Å². The van der Waals surface area contributed by atoms with E-state index in [2.05, 4.69) is 56.4 Å². The number of benzene rings is 1. The highest BCUT2D eigenvalue weighted by Gasteiger charge is 2.14. The van der Waals surface area contributed by atoms with Crippen molar-refractivity contribution in [2.45, 2.75) is 19.9 Å². The number of fused-ring (bicyclic) bond motifs is 1. The molecule has 3 nitrogen and oxygen atoms in total. The molecule has 5 heteroatoms. The molecule has 0 aliphatic carbocycles. The second-order valence-electron chi connectivity index (χ2n) is 4.85. The second-order valence-corrected chi connectivity index (χ2v) is 6.16. The summed E-state index contributed by atoms with van der Waals surface area (Å²) in [7, 11) is 0. The number of hydrogen-bond donors (Lipinski definition) is 1. The van der Waals surface area contributed by atoms with Gasteiger partial charge in [0.1, 0.15) is 0 Å². The Bertz CT molecular complexity index is 817. The minimum Gasteiger partial charge on any atom is -0.329 e. The number of halogens is 1. The molecule has 2 aromatic heterocycles. The average Bonchev–Trinajstić information content (AvgIpc) is 2.77. The molecule has 3 aromatic rings. The van der Waals surface area contributed by atoms with E-state index in [9.17, 15) is 0 Å². The monoisotopic (exact) mass is 347 g/mol. The quantitative estimate of drug-likeness (QED) is 0.677. The van der Waals surface area contributed by atoms with Crippen LogP contribution in [-0.2, 0) is 0 Å². The Labute approximate surface area is 130 Å². The highest BCUT2D eigenvalue weighted by atomic mass is 79.9. The molecule has 2 heterocycles. The van der Waals surface area contributed by atoms with Gasteiger partial charge in [0, 0.05) is 10.7 Å². The van der Waals surface area contributed by atoms with Gasteiger partial charge in [-0.05, 0) is 55.4 Å². The molecule has 0 saturated carbocycles. The summed E-state index contributed by atoms with van der Waals surface area (Å²) in [6.45, 7) is 4.19. The van der Waals surface area contributed by atoms with Crippen molar-refractivity contribution in [2.24, 2.45) is 0 Å². The van der Waals surface area contributed by atoms with Crippen molar-refractivity contribution in [3.05, 3.63) is 56.9 Å². The van der Waals surface area contributed by atoms with Crippen LogP contribution in [0.4, 0.5) is 0 Å². The summed E-state index contributed by atoms with van der Waals surface area (Å²) in [5, 5.41) is 0. The molecule has 1 aromatic carbocycles. The van der Waals surface area contributed by atoms with Crippen molar-refractivity contribution >= 4 is 39.3 Å². The summed E-state index contributed by atoms with van der Waals surface area (Å²) in [6, 6.07) is 10.4. The lowest BCUT2D eigenvalue weighted by Gasteiger charge is -2.14. The van der Waals surface area contributed by atoms with E-state index in [0.29, 0.717) is 4.77 Å². The van der Waals surface area contributed by atoms with Gasteiger partial charge in [0.25, 0.3) is 0 Å². The van der Waals surface area contributed by atoms with Crippen molar-refractivity contribution in [1.82, 2.24) is 14.5 Å². The first-order valence-electron chi connectivity index (χ1n) is 6.39. The van der Waals surface area contributed by atoms with Gasteiger partial charge in [-0.2, -0.15) is 0 Å². The molecule has 1 atom stereocenters. The van der Waals surface area contributed by atoms with Crippen LogP contribution in [0.2, 0.25) is 0 Å². The minimum atomic E-state index is 0.138. The number of hydrogen-bond acceptors (Lipinski definition) is 2. The summed E-state index contributed by atoms with van der Waals surface area (Å²) in [4.78, 5) is 7.75. The molecule has 1 N–H and O–H groups in total. The summed E-state index contributed by atoms with van der Waals surface area (Å²) in [5.74, 6) is 0. The maximum absolute atomic E-state index is 5.47. The van der Waals surface area contributed by atoms with E-state index in [1.807, 2.05) is 24.4 Å². The van der Waals surface area contributed by atoms with Crippen molar-refractivity contribution in [3.63, 3.8) is 0 Å². The van der Waals surface area contributed by atoms with Gasteiger partial charge in [-0.1, -0.05) is 28.1 Å². The van der Waals surface area contributed by atoms with Gasteiger partial charge in [-0.3, -0.25) is 4.57 Å². The third-order valence-electron chi connectivity index (χ3n) is 3.56. The molecule has 0 spiro atoms. The number of H-pyrrole nitrogens is 1. The molecular formula is C15H14BrN3S.